The summed E-state index contributed by atoms with van der Waals surface area (Å²) < 4.78 is 5.24. The van der Waals surface area contributed by atoms with E-state index in [0.717, 1.165) is 0 Å². The highest BCUT2D eigenvalue weighted by Gasteiger charge is 2.24. The molecule has 0 saturated heterocycles. The first-order valence-corrected chi connectivity index (χ1v) is 6.42. The van der Waals surface area contributed by atoms with E-state index in [9.17, 15) is 14.9 Å². The number of hydrogen-bond acceptors (Lipinski definition) is 5. The van der Waals surface area contributed by atoms with E-state index in [0.29, 0.717) is 0 Å². The predicted molar refractivity (Wildman–Crippen MR) is 76.0 cm³/mol. The van der Waals surface area contributed by atoms with E-state index in [1.54, 1.807) is 20.8 Å². The molecule has 7 nitrogen and oxygen atoms in total. The van der Waals surface area contributed by atoms with E-state index in [1.165, 1.54) is 18.2 Å². The summed E-state index contributed by atoms with van der Waals surface area (Å²) in [6.07, 6.45) is 0. The number of benzene rings is 1. The lowest BCUT2D eigenvalue weighted by Gasteiger charge is -2.16. The van der Waals surface area contributed by atoms with Crippen molar-refractivity contribution in [3.63, 3.8) is 0 Å². The second-order valence-electron chi connectivity index (χ2n) is 5.02. The third-order valence-electron chi connectivity index (χ3n) is 2.72. The number of nitrogens with one attached hydrogen (secondary N) is 1. The Morgan fingerprint density at radius 3 is 2.71 bits per heavy atom. The summed E-state index contributed by atoms with van der Waals surface area (Å²) in [7, 11) is 0. The lowest BCUT2D eigenvalue weighted by molar-refractivity contribution is -0.385. The number of nitriles is 1. The summed E-state index contributed by atoms with van der Waals surface area (Å²) in [5.74, 6) is -0.567. The van der Waals surface area contributed by atoms with Crippen molar-refractivity contribution >= 4 is 11.6 Å². The molecule has 0 aliphatic rings. The van der Waals surface area contributed by atoms with Gasteiger partial charge in [0.1, 0.15) is 0 Å². The highest BCUT2D eigenvalue weighted by atomic mass is 16.6. The van der Waals surface area contributed by atoms with Crippen LogP contribution >= 0.6 is 0 Å². The third-order valence-corrected chi connectivity index (χ3v) is 2.72. The highest BCUT2D eigenvalue weighted by molar-refractivity contribution is 5.98. The summed E-state index contributed by atoms with van der Waals surface area (Å²) in [4.78, 5) is 22.5. The molecule has 1 aromatic rings. The van der Waals surface area contributed by atoms with Crippen molar-refractivity contribution in [3.05, 3.63) is 33.9 Å². The molecule has 21 heavy (non-hydrogen) atoms. The molecule has 7 heteroatoms. The molecule has 1 rings (SSSR count). The van der Waals surface area contributed by atoms with Gasteiger partial charge in [-0.2, -0.15) is 5.26 Å². The Hall–Kier alpha value is -2.62. The van der Waals surface area contributed by atoms with Gasteiger partial charge >= 0.3 is 5.69 Å². The van der Waals surface area contributed by atoms with E-state index >= 15 is 0 Å². The zero-order chi connectivity index (χ0) is 16.0. The number of carbonyl (C=O) groups excluding carboxylic acids is 1. The van der Waals surface area contributed by atoms with Crippen LogP contribution in [0.2, 0.25) is 0 Å². The van der Waals surface area contributed by atoms with E-state index in [4.69, 9.17) is 10.00 Å². The minimum absolute atomic E-state index is 0.0581. The molecular formula is C14H17N3O4. The third kappa shape index (κ3) is 4.18. The summed E-state index contributed by atoms with van der Waals surface area (Å²) in [6, 6.07) is 6.21. The van der Waals surface area contributed by atoms with Crippen LogP contribution in [0.25, 0.3) is 0 Å². The van der Waals surface area contributed by atoms with Gasteiger partial charge in [0, 0.05) is 12.6 Å². The minimum Gasteiger partial charge on any atom is -0.487 e. The Labute approximate surface area is 122 Å². The number of ether oxygens (including phenoxy) is 1. The van der Waals surface area contributed by atoms with Gasteiger partial charge in [-0.25, -0.2) is 0 Å². The van der Waals surface area contributed by atoms with Gasteiger partial charge in [0.15, 0.2) is 0 Å². The van der Waals surface area contributed by atoms with Crippen molar-refractivity contribution in [2.75, 3.05) is 13.2 Å². The lowest BCUT2D eigenvalue weighted by atomic mass is 9.96. The SMILES string of the molecule is CCOc1c(C(=O)NCC(C)(C)C#N)cccc1[N+](=O)[O-]. The molecule has 1 N–H and O–H groups in total. The fourth-order valence-corrected chi connectivity index (χ4v) is 1.58. The van der Waals surface area contributed by atoms with E-state index in [1.807, 2.05) is 0 Å². The lowest BCUT2D eigenvalue weighted by Crippen LogP contribution is -2.33. The highest BCUT2D eigenvalue weighted by Crippen LogP contribution is 2.31. The number of nitro groups is 1. The zero-order valence-corrected chi connectivity index (χ0v) is 12.2. The van der Waals surface area contributed by atoms with Gasteiger partial charge in [0.05, 0.1) is 28.6 Å². The molecule has 0 bridgehead atoms. The van der Waals surface area contributed by atoms with E-state index in [-0.39, 0.29) is 30.2 Å². The molecule has 0 aliphatic carbocycles. The van der Waals surface area contributed by atoms with Crippen LogP contribution < -0.4 is 10.1 Å². The van der Waals surface area contributed by atoms with Gasteiger partial charge in [-0.1, -0.05) is 6.07 Å². The Balaban J connectivity index is 3.07. The van der Waals surface area contributed by atoms with Crippen molar-refractivity contribution in [1.82, 2.24) is 5.32 Å². The Morgan fingerprint density at radius 2 is 2.19 bits per heavy atom. The van der Waals surface area contributed by atoms with Crippen LogP contribution in [0.3, 0.4) is 0 Å². The minimum atomic E-state index is -0.720. The Morgan fingerprint density at radius 1 is 1.52 bits per heavy atom. The quantitative estimate of drug-likeness (QED) is 0.639. The second kappa shape index (κ2) is 6.70. The van der Waals surface area contributed by atoms with Gasteiger partial charge in [-0.05, 0) is 26.8 Å². The summed E-state index contributed by atoms with van der Waals surface area (Å²) in [5.41, 5.74) is -0.897. The van der Waals surface area contributed by atoms with Crippen LogP contribution in [-0.4, -0.2) is 24.0 Å². The smallest absolute Gasteiger partial charge is 0.311 e. The van der Waals surface area contributed by atoms with Gasteiger partial charge in [-0.3, -0.25) is 14.9 Å². The van der Waals surface area contributed by atoms with Gasteiger partial charge in [0.2, 0.25) is 5.75 Å². The molecule has 112 valence electrons. The van der Waals surface area contributed by atoms with Crippen molar-refractivity contribution < 1.29 is 14.5 Å². The molecule has 0 spiro atoms. The maximum Gasteiger partial charge on any atom is 0.311 e. The number of nitro benzene ring substituents is 1. The molecule has 1 aromatic carbocycles. The van der Waals surface area contributed by atoms with Crippen LogP contribution in [0.1, 0.15) is 31.1 Å². The van der Waals surface area contributed by atoms with Crippen molar-refractivity contribution in [3.8, 4) is 11.8 Å². The Bertz CT molecular complexity index is 590. The first kappa shape index (κ1) is 16.4. The largest absolute Gasteiger partial charge is 0.487 e. The fourth-order valence-electron chi connectivity index (χ4n) is 1.58. The number of carbonyl (C=O) groups is 1. The maximum absolute atomic E-state index is 12.2. The molecule has 0 radical (unpaired) electrons. The number of amides is 1. The zero-order valence-electron chi connectivity index (χ0n) is 12.2. The van der Waals surface area contributed by atoms with Crippen LogP contribution in [0.5, 0.6) is 5.75 Å². The van der Waals surface area contributed by atoms with Crippen molar-refractivity contribution in [2.24, 2.45) is 5.41 Å². The average Bonchev–Trinajstić information content (AvgIpc) is 2.45. The van der Waals surface area contributed by atoms with Gasteiger partial charge < -0.3 is 10.1 Å². The first-order chi connectivity index (χ1) is 9.82. The molecule has 0 fully saturated rings. The fraction of sp³-hybridized carbons (Fsp3) is 0.429. The van der Waals surface area contributed by atoms with Crippen molar-refractivity contribution in [1.29, 1.82) is 5.26 Å². The summed E-state index contributed by atoms with van der Waals surface area (Å²) in [6.45, 7) is 5.39. The number of para-hydroxylation sites is 1. The Kier molecular flexibility index (Phi) is 5.24. The van der Waals surface area contributed by atoms with Crippen LogP contribution in [0.4, 0.5) is 5.69 Å². The molecule has 1 amide bonds. The van der Waals surface area contributed by atoms with Crippen LogP contribution in [0.15, 0.2) is 18.2 Å². The van der Waals surface area contributed by atoms with Crippen LogP contribution in [0, 0.1) is 26.9 Å². The summed E-state index contributed by atoms with van der Waals surface area (Å²) in [5, 5.41) is 22.5. The number of nitrogens with zero attached hydrogens (tertiary/aromatic N) is 2. The number of rotatable bonds is 6. The standard InChI is InChI=1S/C14H17N3O4/c1-4-21-12-10(6-5-7-11(12)17(19)20)13(18)16-9-14(2,3)8-15/h5-7H,4,9H2,1-3H3,(H,16,18). The van der Waals surface area contributed by atoms with Crippen molar-refractivity contribution in [2.45, 2.75) is 20.8 Å². The normalized spacial score (nSPS) is 10.6. The van der Waals surface area contributed by atoms with Gasteiger partial charge in [-0.15, -0.1) is 0 Å². The number of hydrogen-bond donors (Lipinski definition) is 1. The molecule has 0 saturated carbocycles. The second-order valence-corrected chi connectivity index (χ2v) is 5.02. The molecule has 0 heterocycles. The molecule has 0 aliphatic heterocycles. The monoisotopic (exact) mass is 291 g/mol. The molecule has 0 aromatic heterocycles. The molecule has 0 atom stereocenters. The van der Waals surface area contributed by atoms with E-state index in [2.05, 4.69) is 11.4 Å². The molecule has 0 unspecified atom stereocenters. The predicted octanol–water partition coefficient (Wildman–Crippen LogP) is 2.27. The first-order valence-electron chi connectivity index (χ1n) is 6.42. The van der Waals surface area contributed by atoms with Crippen LogP contribution in [-0.2, 0) is 0 Å². The molecular weight excluding hydrogens is 274 g/mol. The summed E-state index contributed by atoms with van der Waals surface area (Å²) >= 11 is 0. The van der Waals surface area contributed by atoms with Gasteiger partial charge in [0.25, 0.3) is 5.91 Å². The average molecular weight is 291 g/mol. The maximum atomic E-state index is 12.2. The topological polar surface area (TPSA) is 105 Å². The van der Waals surface area contributed by atoms with E-state index < -0.39 is 16.2 Å².